The quantitative estimate of drug-likeness (QED) is 0.727. The van der Waals surface area contributed by atoms with Gasteiger partial charge in [0.2, 0.25) is 11.7 Å². The first-order valence-corrected chi connectivity index (χ1v) is 5.57. The minimum atomic E-state index is 0.0128. The third kappa shape index (κ3) is 2.30. The van der Waals surface area contributed by atoms with Crippen LogP contribution in [0.4, 0.5) is 0 Å². The first-order valence-electron chi connectivity index (χ1n) is 5.57. The number of carbonyl (C=O) groups is 1. The summed E-state index contributed by atoms with van der Waals surface area (Å²) in [5.74, 6) is 0.502. The van der Waals surface area contributed by atoms with Crippen molar-refractivity contribution in [2.45, 2.75) is 12.8 Å². The lowest BCUT2D eigenvalue weighted by molar-refractivity contribution is 0.101. The van der Waals surface area contributed by atoms with Crippen LogP contribution >= 0.6 is 0 Å². The predicted octanol–water partition coefficient (Wildman–Crippen LogP) is 1.66. The standard InChI is InChI=1S/C13H16N2O2/c1-15(2)8-10-5-4-9-6-7-11(17-3)14-12(9)13(10)16/h6-8H,4-5H2,1-3H3. The van der Waals surface area contributed by atoms with Crippen molar-refractivity contribution in [3.63, 3.8) is 0 Å². The van der Waals surface area contributed by atoms with Crippen LogP contribution in [0.5, 0.6) is 5.88 Å². The Balaban J connectivity index is 2.40. The SMILES string of the molecule is COc1ccc2c(n1)C(=O)C(=CN(C)C)CC2. The molecule has 0 radical (unpaired) electrons. The number of aromatic nitrogens is 1. The van der Waals surface area contributed by atoms with Gasteiger partial charge >= 0.3 is 0 Å². The van der Waals surface area contributed by atoms with E-state index in [9.17, 15) is 4.79 Å². The zero-order valence-corrected chi connectivity index (χ0v) is 10.4. The van der Waals surface area contributed by atoms with Crippen LogP contribution in [0.3, 0.4) is 0 Å². The van der Waals surface area contributed by atoms with Gasteiger partial charge in [0.25, 0.3) is 0 Å². The van der Waals surface area contributed by atoms with Crippen molar-refractivity contribution in [3.8, 4) is 5.88 Å². The third-order valence-electron chi connectivity index (χ3n) is 2.75. The molecule has 90 valence electrons. The summed E-state index contributed by atoms with van der Waals surface area (Å²) in [5, 5.41) is 0. The summed E-state index contributed by atoms with van der Waals surface area (Å²) >= 11 is 0. The highest BCUT2D eigenvalue weighted by atomic mass is 16.5. The molecular weight excluding hydrogens is 216 g/mol. The second-order valence-electron chi connectivity index (χ2n) is 4.31. The Morgan fingerprint density at radius 1 is 1.35 bits per heavy atom. The van der Waals surface area contributed by atoms with Gasteiger partial charge in [-0.15, -0.1) is 0 Å². The molecule has 0 spiro atoms. The van der Waals surface area contributed by atoms with E-state index in [1.165, 1.54) is 0 Å². The summed E-state index contributed by atoms with van der Waals surface area (Å²) in [5.41, 5.74) is 2.35. The van der Waals surface area contributed by atoms with Crippen LogP contribution in [-0.4, -0.2) is 36.9 Å². The highest BCUT2D eigenvalue weighted by Gasteiger charge is 2.24. The Bertz CT molecular complexity index is 478. The van der Waals surface area contributed by atoms with E-state index in [1.807, 2.05) is 31.3 Å². The van der Waals surface area contributed by atoms with E-state index >= 15 is 0 Å². The Morgan fingerprint density at radius 3 is 2.76 bits per heavy atom. The fourth-order valence-electron chi connectivity index (χ4n) is 1.95. The smallest absolute Gasteiger partial charge is 0.213 e. The minimum Gasteiger partial charge on any atom is -0.481 e. The van der Waals surface area contributed by atoms with Crippen LogP contribution in [-0.2, 0) is 6.42 Å². The van der Waals surface area contributed by atoms with Gasteiger partial charge in [-0.25, -0.2) is 4.98 Å². The molecule has 0 saturated carbocycles. The number of Topliss-reactive ketones (excluding diaryl/α,β-unsaturated/α-hetero) is 1. The second-order valence-corrected chi connectivity index (χ2v) is 4.31. The fraction of sp³-hybridized carbons (Fsp3) is 0.385. The zero-order valence-electron chi connectivity index (χ0n) is 10.4. The molecule has 0 bridgehead atoms. The second kappa shape index (κ2) is 4.57. The normalized spacial score (nSPS) is 16.9. The van der Waals surface area contributed by atoms with Gasteiger partial charge < -0.3 is 9.64 Å². The Labute approximate surface area is 101 Å². The summed E-state index contributed by atoms with van der Waals surface area (Å²) < 4.78 is 5.05. The topological polar surface area (TPSA) is 42.4 Å². The van der Waals surface area contributed by atoms with Gasteiger partial charge in [0.05, 0.1) is 7.11 Å². The number of hydrogen-bond acceptors (Lipinski definition) is 4. The van der Waals surface area contributed by atoms with E-state index in [-0.39, 0.29) is 5.78 Å². The predicted molar refractivity (Wildman–Crippen MR) is 65.2 cm³/mol. The van der Waals surface area contributed by atoms with Gasteiger partial charge in [-0.1, -0.05) is 6.07 Å². The fourth-order valence-corrected chi connectivity index (χ4v) is 1.95. The molecule has 0 aromatic carbocycles. The highest BCUT2D eigenvalue weighted by molar-refractivity contribution is 6.09. The number of nitrogens with zero attached hydrogens (tertiary/aromatic N) is 2. The number of aryl methyl sites for hydroxylation is 1. The summed E-state index contributed by atoms with van der Waals surface area (Å²) in [4.78, 5) is 18.3. The molecule has 0 atom stereocenters. The van der Waals surface area contributed by atoms with Crippen molar-refractivity contribution < 1.29 is 9.53 Å². The number of rotatable bonds is 2. The molecule has 1 aromatic heterocycles. The molecule has 1 aliphatic rings. The van der Waals surface area contributed by atoms with Gasteiger partial charge in [0.1, 0.15) is 5.69 Å². The molecule has 0 N–H and O–H groups in total. The monoisotopic (exact) mass is 232 g/mol. The van der Waals surface area contributed by atoms with Crippen molar-refractivity contribution in [2.75, 3.05) is 21.2 Å². The van der Waals surface area contributed by atoms with Gasteiger partial charge in [-0.05, 0) is 18.4 Å². The van der Waals surface area contributed by atoms with Crippen molar-refractivity contribution in [3.05, 3.63) is 35.2 Å². The molecule has 1 aliphatic carbocycles. The van der Waals surface area contributed by atoms with Crippen molar-refractivity contribution in [1.82, 2.24) is 9.88 Å². The van der Waals surface area contributed by atoms with Crippen LogP contribution in [0.15, 0.2) is 23.9 Å². The highest BCUT2D eigenvalue weighted by Crippen LogP contribution is 2.25. The lowest BCUT2D eigenvalue weighted by atomic mass is 9.91. The number of allylic oxidation sites excluding steroid dienone is 1. The Hall–Kier alpha value is -1.84. The van der Waals surface area contributed by atoms with E-state index < -0.39 is 0 Å². The number of pyridine rings is 1. The molecule has 1 aromatic rings. The molecule has 0 aliphatic heterocycles. The van der Waals surface area contributed by atoms with E-state index in [0.29, 0.717) is 11.6 Å². The molecule has 0 amide bonds. The molecule has 1 heterocycles. The van der Waals surface area contributed by atoms with Gasteiger partial charge in [-0.3, -0.25) is 4.79 Å². The Morgan fingerprint density at radius 2 is 2.12 bits per heavy atom. The van der Waals surface area contributed by atoms with Crippen LogP contribution < -0.4 is 4.74 Å². The van der Waals surface area contributed by atoms with E-state index in [1.54, 1.807) is 13.2 Å². The van der Waals surface area contributed by atoms with Crippen LogP contribution in [0, 0.1) is 0 Å². The zero-order chi connectivity index (χ0) is 12.4. The lowest BCUT2D eigenvalue weighted by Crippen LogP contribution is -2.18. The minimum absolute atomic E-state index is 0.0128. The average Bonchev–Trinajstić information content (AvgIpc) is 2.32. The Kier molecular flexibility index (Phi) is 3.13. The molecule has 0 unspecified atom stereocenters. The number of hydrogen-bond donors (Lipinski definition) is 0. The molecule has 4 heteroatoms. The van der Waals surface area contributed by atoms with Crippen LogP contribution in [0.2, 0.25) is 0 Å². The van der Waals surface area contributed by atoms with E-state index in [4.69, 9.17) is 4.74 Å². The molecule has 0 fully saturated rings. The number of ether oxygens (including phenoxy) is 1. The largest absolute Gasteiger partial charge is 0.481 e. The van der Waals surface area contributed by atoms with Gasteiger partial charge in [-0.2, -0.15) is 0 Å². The molecule has 17 heavy (non-hydrogen) atoms. The van der Waals surface area contributed by atoms with E-state index in [2.05, 4.69) is 4.98 Å². The summed E-state index contributed by atoms with van der Waals surface area (Å²) in [6.45, 7) is 0. The van der Waals surface area contributed by atoms with E-state index in [0.717, 1.165) is 24.0 Å². The van der Waals surface area contributed by atoms with Crippen LogP contribution in [0.25, 0.3) is 0 Å². The maximum atomic E-state index is 12.2. The molecule has 2 rings (SSSR count). The average molecular weight is 232 g/mol. The van der Waals surface area contributed by atoms with Crippen molar-refractivity contribution in [2.24, 2.45) is 0 Å². The summed E-state index contributed by atoms with van der Waals surface area (Å²) in [6.07, 6.45) is 3.50. The van der Waals surface area contributed by atoms with Crippen molar-refractivity contribution >= 4 is 5.78 Å². The molecule has 4 nitrogen and oxygen atoms in total. The van der Waals surface area contributed by atoms with Crippen molar-refractivity contribution in [1.29, 1.82) is 0 Å². The maximum absolute atomic E-state index is 12.2. The number of carbonyl (C=O) groups excluding carboxylic acids is 1. The first kappa shape index (κ1) is 11.6. The number of ketones is 1. The summed E-state index contributed by atoms with van der Waals surface area (Å²) in [6, 6.07) is 3.72. The third-order valence-corrected chi connectivity index (χ3v) is 2.75. The number of fused-ring (bicyclic) bond motifs is 1. The van der Waals surface area contributed by atoms with Gasteiger partial charge in [0, 0.05) is 31.9 Å². The van der Waals surface area contributed by atoms with Crippen LogP contribution in [0.1, 0.15) is 22.5 Å². The molecular formula is C13H16N2O2. The number of methoxy groups -OCH3 is 1. The van der Waals surface area contributed by atoms with Gasteiger partial charge in [0.15, 0.2) is 0 Å². The maximum Gasteiger partial charge on any atom is 0.213 e. The summed E-state index contributed by atoms with van der Waals surface area (Å²) in [7, 11) is 5.38. The lowest BCUT2D eigenvalue weighted by Gasteiger charge is -2.18. The molecule has 0 saturated heterocycles. The first-order chi connectivity index (χ1) is 8.11.